The number of nitrogens with zero attached hydrogens (tertiary/aromatic N) is 2. The summed E-state index contributed by atoms with van der Waals surface area (Å²) in [5.41, 5.74) is 7.42. The monoisotopic (exact) mass is 344 g/mol. The van der Waals surface area contributed by atoms with Gasteiger partial charge >= 0.3 is 0 Å². The zero-order valence-electron chi connectivity index (χ0n) is 9.57. The van der Waals surface area contributed by atoms with Crippen LogP contribution in [0.5, 0.6) is 5.88 Å². The van der Waals surface area contributed by atoms with Crippen LogP contribution in [0.25, 0.3) is 0 Å². The molecule has 2 aromatic rings. The van der Waals surface area contributed by atoms with E-state index in [2.05, 4.69) is 33.0 Å². The number of nitrogen functional groups attached to an aromatic ring is 1. The van der Waals surface area contributed by atoms with Gasteiger partial charge in [0.25, 0.3) is 0 Å². The van der Waals surface area contributed by atoms with Crippen molar-refractivity contribution in [2.75, 3.05) is 18.2 Å². The molecule has 2 rings (SSSR count). The average molecular weight is 344 g/mol. The molecule has 0 atom stereocenters. The molecule has 1 aromatic heterocycles. The number of halogens is 1. The lowest BCUT2D eigenvalue weighted by molar-refractivity contribution is 0.373. The number of ether oxygens (including phenoxy) is 1. The summed E-state index contributed by atoms with van der Waals surface area (Å²) in [6, 6.07) is 7.53. The van der Waals surface area contributed by atoms with Gasteiger partial charge in [-0.15, -0.1) is 0 Å². The largest absolute Gasteiger partial charge is 0.481 e. The third-order valence-corrected chi connectivity index (χ3v) is 3.19. The number of rotatable bonds is 3. The number of methoxy groups -OCH3 is 1. The third-order valence-electron chi connectivity index (χ3n) is 2.30. The highest BCUT2D eigenvalue weighted by Gasteiger charge is 2.06. The molecule has 0 fully saturated rings. The lowest BCUT2D eigenvalue weighted by Gasteiger charge is -2.05. The van der Waals surface area contributed by atoms with E-state index in [0.717, 1.165) is 20.8 Å². The van der Waals surface area contributed by atoms with E-state index >= 15 is 0 Å². The van der Waals surface area contributed by atoms with Gasteiger partial charge in [0.15, 0.2) is 5.82 Å². The van der Waals surface area contributed by atoms with Crippen molar-refractivity contribution < 1.29 is 4.74 Å². The molecule has 0 bridgehead atoms. The third kappa shape index (κ3) is 2.63. The van der Waals surface area contributed by atoms with Crippen molar-refractivity contribution in [1.29, 1.82) is 0 Å². The molecule has 0 aliphatic heterocycles. The first-order valence-corrected chi connectivity index (χ1v) is 6.08. The molecular formula is C11H13IN4O. The standard InChI is InChI=1S/C11H13IN4O/c1-16-11(17-2)6-10(15-16)14-9-4-3-7(13)5-8(9)12/h3-6H,13H2,1-2H3,(H,14,15). The normalized spacial score (nSPS) is 10.3. The summed E-state index contributed by atoms with van der Waals surface area (Å²) < 4.78 is 7.87. The van der Waals surface area contributed by atoms with Crippen LogP contribution in [0.3, 0.4) is 0 Å². The van der Waals surface area contributed by atoms with Crippen molar-refractivity contribution in [3.63, 3.8) is 0 Å². The topological polar surface area (TPSA) is 65.1 Å². The van der Waals surface area contributed by atoms with E-state index in [1.165, 1.54) is 0 Å². The maximum atomic E-state index is 5.70. The number of nitrogens with two attached hydrogens (primary N) is 1. The predicted octanol–water partition coefficient (Wildman–Crippen LogP) is 2.36. The van der Waals surface area contributed by atoms with E-state index in [4.69, 9.17) is 10.5 Å². The predicted molar refractivity (Wildman–Crippen MR) is 76.6 cm³/mol. The fourth-order valence-corrected chi connectivity index (χ4v) is 2.15. The van der Waals surface area contributed by atoms with E-state index in [1.807, 2.05) is 31.3 Å². The number of aryl methyl sites for hydroxylation is 1. The van der Waals surface area contributed by atoms with Crippen LogP contribution in [0.2, 0.25) is 0 Å². The van der Waals surface area contributed by atoms with E-state index < -0.39 is 0 Å². The first kappa shape index (κ1) is 12.0. The van der Waals surface area contributed by atoms with Gasteiger partial charge < -0.3 is 15.8 Å². The van der Waals surface area contributed by atoms with Crippen LogP contribution in [0, 0.1) is 3.57 Å². The summed E-state index contributed by atoms with van der Waals surface area (Å²) in [5.74, 6) is 1.45. The van der Waals surface area contributed by atoms with Crippen LogP contribution in [0.4, 0.5) is 17.2 Å². The van der Waals surface area contributed by atoms with Crippen molar-refractivity contribution >= 4 is 39.8 Å². The molecule has 1 aromatic carbocycles. The molecule has 5 nitrogen and oxygen atoms in total. The van der Waals surface area contributed by atoms with Gasteiger partial charge in [-0.3, -0.25) is 0 Å². The summed E-state index contributed by atoms with van der Waals surface area (Å²) >= 11 is 2.23. The molecule has 6 heteroatoms. The summed E-state index contributed by atoms with van der Waals surface area (Å²) in [7, 11) is 3.45. The Labute approximate surface area is 113 Å². The van der Waals surface area contributed by atoms with Crippen molar-refractivity contribution in [2.45, 2.75) is 0 Å². The van der Waals surface area contributed by atoms with Crippen LogP contribution < -0.4 is 15.8 Å². The molecule has 0 saturated carbocycles. The van der Waals surface area contributed by atoms with E-state index in [0.29, 0.717) is 5.88 Å². The number of aromatic nitrogens is 2. The summed E-state index contributed by atoms with van der Waals surface area (Å²) in [5, 5.41) is 7.51. The molecule has 0 radical (unpaired) electrons. The van der Waals surface area contributed by atoms with Gasteiger partial charge in [0, 0.05) is 22.4 Å². The SMILES string of the molecule is COc1cc(Nc2ccc(N)cc2I)nn1C. The molecule has 0 amide bonds. The van der Waals surface area contributed by atoms with Crippen LogP contribution in [0.15, 0.2) is 24.3 Å². The lowest BCUT2D eigenvalue weighted by Crippen LogP contribution is -1.97. The molecule has 0 aliphatic carbocycles. The Kier molecular flexibility index (Phi) is 3.41. The zero-order valence-corrected chi connectivity index (χ0v) is 11.7. The molecular weight excluding hydrogens is 331 g/mol. The lowest BCUT2D eigenvalue weighted by atomic mass is 10.3. The highest BCUT2D eigenvalue weighted by molar-refractivity contribution is 14.1. The number of hydrogen-bond acceptors (Lipinski definition) is 4. The van der Waals surface area contributed by atoms with Gasteiger partial charge in [0.1, 0.15) is 0 Å². The molecule has 0 aliphatic rings. The minimum atomic E-state index is 0.706. The maximum Gasteiger partial charge on any atom is 0.213 e. The molecule has 17 heavy (non-hydrogen) atoms. The number of anilines is 3. The van der Waals surface area contributed by atoms with Crippen molar-refractivity contribution in [3.05, 3.63) is 27.8 Å². The molecule has 0 unspecified atom stereocenters. The highest BCUT2D eigenvalue weighted by Crippen LogP contribution is 2.25. The number of nitrogens with one attached hydrogen (secondary N) is 1. The van der Waals surface area contributed by atoms with Crippen molar-refractivity contribution in [2.24, 2.45) is 7.05 Å². The second-order valence-electron chi connectivity index (χ2n) is 3.56. The van der Waals surface area contributed by atoms with Crippen molar-refractivity contribution in [1.82, 2.24) is 9.78 Å². The molecule has 0 spiro atoms. The summed E-state index contributed by atoms with van der Waals surface area (Å²) in [6.07, 6.45) is 0. The van der Waals surface area contributed by atoms with Crippen LogP contribution >= 0.6 is 22.6 Å². The Bertz CT molecular complexity index is 538. The molecule has 3 N–H and O–H groups in total. The molecule has 90 valence electrons. The smallest absolute Gasteiger partial charge is 0.213 e. The van der Waals surface area contributed by atoms with Gasteiger partial charge in [0.2, 0.25) is 5.88 Å². The Morgan fingerprint density at radius 3 is 2.76 bits per heavy atom. The highest BCUT2D eigenvalue weighted by atomic mass is 127. The molecule has 0 saturated heterocycles. The fourth-order valence-electron chi connectivity index (χ4n) is 1.47. The van der Waals surface area contributed by atoms with Gasteiger partial charge in [0.05, 0.1) is 12.8 Å². The number of benzene rings is 1. The van der Waals surface area contributed by atoms with Crippen LogP contribution in [-0.4, -0.2) is 16.9 Å². The van der Waals surface area contributed by atoms with Crippen LogP contribution in [0.1, 0.15) is 0 Å². The molecule has 1 heterocycles. The van der Waals surface area contributed by atoms with Gasteiger partial charge in [-0.2, -0.15) is 5.10 Å². The van der Waals surface area contributed by atoms with E-state index in [9.17, 15) is 0 Å². The van der Waals surface area contributed by atoms with Gasteiger partial charge in [-0.1, -0.05) is 0 Å². The Balaban J connectivity index is 2.25. The zero-order chi connectivity index (χ0) is 12.4. The van der Waals surface area contributed by atoms with E-state index in [-0.39, 0.29) is 0 Å². The first-order valence-electron chi connectivity index (χ1n) is 5.00. The maximum absolute atomic E-state index is 5.70. The van der Waals surface area contributed by atoms with Crippen molar-refractivity contribution in [3.8, 4) is 5.88 Å². The minimum absolute atomic E-state index is 0.706. The second-order valence-corrected chi connectivity index (χ2v) is 4.72. The quantitative estimate of drug-likeness (QED) is 0.663. The van der Waals surface area contributed by atoms with Crippen LogP contribution in [-0.2, 0) is 7.05 Å². The van der Waals surface area contributed by atoms with Gasteiger partial charge in [-0.25, -0.2) is 4.68 Å². The summed E-state index contributed by atoms with van der Waals surface area (Å²) in [4.78, 5) is 0. The number of hydrogen-bond donors (Lipinski definition) is 2. The van der Waals surface area contributed by atoms with E-state index in [1.54, 1.807) is 11.8 Å². The Hall–Kier alpha value is -1.44. The Morgan fingerprint density at radius 2 is 2.18 bits per heavy atom. The second kappa shape index (κ2) is 4.82. The summed E-state index contributed by atoms with van der Waals surface area (Å²) in [6.45, 7) is 0. The minimum Gasteiger partial charge on any atom is -0.481 e. The average Bonchev–Trinajstić information content (AvgIpc) is 2.63. The first-order chi connectivity index (χ1) is 8.10. The fraction of sp³-hybridized carbons (Fsp3) is 0.182. The van der Waals surface area contributed by atoms with Gasteiger partial charge in [-0.05, 0) is 40.8 Å². The Morgan fingerprint density at radius 1 is 1.41 bits per heavy atom.